The van der Waals surface area contributed by atoms with Gasteiger partial charge in [-0.25, -0.2) is 0 Å². The standard InChI is InChI=1S/C18H13N5O/c1-23-10-13(9-21-23)14-4-5-19-16-7-17(24-18(14)16)11-2-3-12-8-20-22-15(12)6-11/h2-10H,1H3,(H,20,22). The maximum absolute atomic E-state index is 6.14. The van der Waals surface area contributed by atoms with Crippen LogP contribution in [0.4, 0.5) is 0 Å². The number of H-pyrrole nitrogens is 1. The maximum Gasteiger partial charge on any atom is 0.161 e. The fourth-order valence-corrected chi connectivity index (χ4v) is 2.96. The lowest BCUT2D eigenvalue weighted by Crippen LogP contribution is -1.84. The molecule has 24 heavy (non-hydrogen) atoms. The molecule has 0 saturated carbocycles. The van der Waals surface area contributed by atoms with E-state index in [-0.39, 0.29) is 0 Å². The Morgan fingerprint density at radius 2 is 2.04 bits per heavy atom. The number of benzene rings is 1. The van der Waals surface area contributed by atoms with Gasteiger partial charge in [-0.3, -0.25) is 14.8 Å². The summed E-state index contributed by atoms with van der Waals surface area (Å²) in [5.41, 5.74) is 5.56. The van der Waals surface area contributed by atoms with E-state index in [0.717, 1.165) is 44.5 Å². The SMILES string of the molecule is Cn1cc(-c2ccnc3cc(-c4ccc5cn[nH]c5c4)oc23)cn1. The second-order valence-corrected chi connectivity index (χ2v) is 5.76. The second kappa shape index (κ2) is 4.79. The topological polar surface area (TPSA) is 72.5 Å². The lowest BCUT2D eigenvalue weighted by Gasteiger charge is -1.98. The van der Waals surface area contributed by atoms with Crippen LogP contribution in [0.2, 0.25) is 0 Å². The van der Waals surface area contributed by atoms with Crippen molar-refractivity contribution in [3.05, 3.63) is 55.1 Å². The molecule has 5 rings (SSSR count). The van der Waals surface area contributed by atoms with Gasteiger partial charge in [0.2, 0.25) is 0 Å². The zero-order valence-corrected chi connectivity index (χ0v) is 12.9. The van der Waals surface area contributed by atoms with Crippen LogP contribution in [0.25, 0.3) is 44.5 Å². The lowest BCUT2D eigenvalue weighted by atomic mass is 10.1. The highest BCUT2D eigenvalue weighted by atomic mass is 16.3. The van der Waals surface area contributed by atoms with Gasteiger partial charge in [0.1, 0.15) is 11.3 Å². The normalized spacial score (nSPS) is 11.5. The molecule has 0 aliphatic rings. The highest BCUT2D eigenvalue weighted by Crippen LogP contribution is 2.34. The molecule has 0 saturated heterocycles. The molecule has 4 aromatic heterocycles. The van der Waals surface area contributed by atoms with Crippen molar-refractivity contribution in [3.8, 4) is 22.5 Å². The minimum absolute atomic E-state index is 0.769. The third kappa shape index (κ3) is 1.93. The molecule has 0 fully saturated rings. The van der Waals surface area contributed by atoms with Crippen LogP contribution < -0.4 is 0 Å². The molecule has 0 atom stereocenters. The van der Waals surface area contributed by atoms with Gasteiger partial charge < -0.3 is 4.42 Å². The largest absolute Gasteiger partial charge is 0.454 e. The summed E-state index contributed by atoms with van der Waals surface area (Å²) in [4.78, 5) is 4.43. The average Bonchev–Trinajstić information content (AvgIpc) is 3.32. The van der Waals surface area contributed by atoms with Gasteiger partial charge in [0, 0.05) is 47.6 Å². The van der Waals surface area contributed by atoms with Gasteiger partial charge in [-0.15, -0.1) is 0 Å². The number of fused-ring (bicyclic) bond motifs is 2. The fourth-order valence-electron chi connectivity index (χ4n) is 2.96. The van der Waals surface area contributed by atoms with E-state index < -0.39 is 0 Å². The molecule has 0 unspecified atom stereocenters. The Morgan fingerprint density at radius 3 is 2.92 bits per heavy atom. The van der Waals surface area contributed by atoms with Gasteiger partial charge in [0.05, 0.1) is 17.9 Å². The number of hydrogen-bond donors (Lipinski definition) is 1. The molecular weight excluding hydrogens is 302 g/mol. The lowest BCUT2D eigenvalue weighted by molar-refractivity contribution is 0.632. The van der Waals surface area contributed by atoms with Crippen molar-refractivity contribution >= 4 is 22.0 Å². The molecule has 0 spiro atoms. The molecule has 6 nitrogen and oxygen atoms in total. The Kier molecular flexibility index (Phi) is 2.61. The molecule has 0 aliphatic carbocycles. The summed E-state index contributed by atoms with van der Waals surface area (Å²) in [5, 5.41) is 12.4. The van der Waals surface area contributed by atoms with Gasteiger partial charge in [-0.2, -0.15) is 10.2 Å². The fraction of sp³-hybridized carbons (Fsp3) is 0.0556. The summed E-state index contributed by atoms with van der Waals surface area (Å²) in [6, 6.07) is 10.00. The Balaban J connectivity index is 1.70. The molecule has 1 N–H and O–H groups in total. The minimum Gasteiger partial charge on any atom is -0.454 e. The van der Waals surface area contributed by atoms with Gasteiger partial charge >= 0.3 is 0 Å². The van der Waals surface area contributed by atoms with Gasteiger partial charge in [-0.1, -0.05) is 12.1 Å². The summed E-state index contributed by atoms with van der Waals surface area (Å²) in [5.74, 6) is 0.783. The number of aromatic amines is 1. The zero-order chi connectivity index (χ0) is 16.1. The molecule has 0 bridgehead atoms. The van der Waals surface area contributed by atoms with Gasteiger partial charge in [-0.05, 0) is 12.1 Å². The molecule has 5 aromatic rings. The Morgan fingerprint density at radius 1 is 1.08 bits per heavy atom. The summed E-state index contributed by atoms with van der Waals surface area (Å²) in [6.45, 7) is 0. The van der Waals surface area contributed by atoms with Gasteiger partial charge in [0.25, 0.3) is 0 Å². The molecule has 4 heterocycles. The van der Waals surface area contributed by atoms with Crippen LogP contribution in [0.1, 0.15) is 0 Å². The van der Waals surface area contributed by atoms with Crippen molar-refractivity contribution in [2.24, 2.45) is 7.05 Å². The first-order chi connectivity index (χ1) is 11.8. The monoisotopic (exact) mass is 315 g/mol. The number of aryl methyl sites for hydroxylation is 1. The van der Waals surface area contributed by atoms with Crippen LogP contribution in [0.15, 0.2) is 59.5 Å². The van der Waals surface area contributed by atoms with Crippen LogP contribution in [0.3, 0.4) is 0 Å². The van der Waals surface area contributed by atoms with E-state index in [9.17, 15) is 0 Å². The summed E-state index contributed by atoms with van der Waals surface area (Å²) >= 11 is 0. The van der Waals surface area contributed by atoms with E-state index in [1.54, 1.807) is 17.1 Å². The number of nitrogens with zero attached hydrogens (tertiary/aromatic N) is 4. The van der Waals surface area contributed by atoms with Crippen LogP contribution >= 0.6 is 0 Å². The highest BCUT2D eigenvalue weighted by molar-refractivity contribution is 5.93. The predicted octanol–water partition coefficient (Wildman–Crippen LogP) is 3.77. The number of furan rings is 1. The highest BCUT2D eigenvalue weighted by Gasteiger charge is 2.13. The van der Waals surface area contributed by atoms with Gasteiger partial charge in [0.15, 0.2) is 5.58 Å². The van der Waals surface area contributed by atoms with Crippen molar-refractivity contribution in [2.45, 2.75) is 0 Å². The smallest absolute Gasteiger partial charge is 0.161 e. The van der Waals surface area contributed by atoms with Crippen LogP contribution in [-0.4, -0.2) is 25.0 Å². The van der Waals surface area contributed by atoms with Crippen molar-refractivity contribution in [3.63, 3.8) is 0 Å². The molecule has 0 amide bonds. The summed E-state index contributed by atoms with van der Waals surface area (Å²) in [6.07, 6.45) is 7.39. The van der Waals surface area contributed by atoms with Crippen LogP contribution in [0.5, 0.6) is 0 Å². The Hall–Kier alpha value is -3.41. The number of hydrogen-bond acceptors (Lipinski definition) is 4. The summed E-state index contributed by atoms with van der Waals surface area (Å²) in [7, 11) is 1.90. The van der Waals surface area contributed by atoms with E-state index in [4.69, 9.17) is 4.42 Å². The molecule has 6 heteroatoms. The number of nitrogens with one attached hydrogen (secondary N) is 1. The van der Waals surface area contributed by atoms with Crippen molar-refractivity contribution in [1.29, 1.82) is 0 Å². The van der Waals surface area contributed by atoms with E-state index in [1.807, 2.05) is 49.8 Å². The molecule has 0 radical (unpaired) electrons. The number of rotatable bonds is 2. The first kappa shape index (κ1) is 13.1. The molecule has 0 aliphatic heterocycles. The quantitative estimate of drug-likeness (QED) is 0.538. The number of pyridine rings is 1. The van der Waals surface area contributed by atoms with Crippen LogP contribution in [0, 0.1) is 0 Å². The van der Waals surface area contributed by atoms with E-state index in [0.29, 0.717) is 0 Å². The van der Waals surface area contributed by atoms with Crippen molar-refractivity contribution < 1.29 is 4.42 Å². The number of aromatic nitrogens is 5. The third-order valence-corrected chi connectivity index (χ3v) is 4.15. The van der Waals surface area contributed by atoms with Crippen LogP contribution in [-0.2, 0) is 7.05 Å². The Bertz CT molecular complexity index is 1180. The average molecular weight is 315 g/mol. The first-order valence-corrected chi connectivity index (χ1v) is 7.59. The predicted molar refractivity (Wildman–Crippen MR) is 91.3 cm³/mol. The Labute approximate surface area is 136 Å². The molecule has 1 aromatic carbocycles. The first-order valence-electron chi connectivity index (χ1n) is 7.59. The summed E-state index contributed by atoms with van der Waals surface area (Å²) < 4.78 is 7.92. The maximum atomic E-state index is 6.14. The molecular formula is C18H13N5O. The van der Waals surface area contributed by atoms with E-state index >= 15 is 0 Å². The van der Waals surface area contributed by atoms with E-state index in [1.165, 1.54) is 0 Å². The van der Waals surface area contributed by atoms with Crippen molar-refractivity contribution in [2.75, 3.05) is 0 Å². The zero-order valence-electron chi connectivity index (χ0n) is 12.9. The van der Waals surface area contributed by atoms with E-state index in [2.05, 4.69) is 20.3 Å². The minimum atomic E-state index is 0.769. The third-order valence-electron chi connectivity index (χ3n) is 4.15. The molecule has 116 valence electrons. The van der Waals surface area contributed by atoms with Crippen molar-refractivity contribution in [1.82, 2.24) is 25.0 Å². The second-order valence-electron chi connectivity index (χ2n) is 5.76.